The van der Waals surface area contributed by atoms with Crippen LogP contribution < -0.4 is 19.9 Å². The van der Waals surface area contributed by atoms with E-state index in [9.17, 15) is 4.79 Å². The summed E-state index contributed by atoms with van der Waals surface area (Å²) < 4.78 is 5.70. The molecule has 24 heavy (non-hydrogen) atoms. The second-order valence-electron chi connectivity index (χ2n) is 7.86. The van der Waals surface area contributed by atoms with E-state index in [4.69, 9.17) is 4.74 Å². The molecule has 134 valence electrons. The standard InChI is InChI=1S/C19H31N3O2/c1-19(2,3)16-5-7-17(8-6-16)24-14-9-20-18(23)15-22-12-10-21(4)11-13-22/h5-8H,9-15H2,1-4H3,(H,20,23)/p+2. The van der Waals surface area contributed by atoms with Crippen molar-refractivity contribution < 1.29 is 19.3 Å². The van der Waals surface area contributed by atoms with Gasteiger partial charge in [0.15, 0.2) is 6.54 Å². The minimum atomic E-state index is 0.122. The molecule has 0 aromatic heterocycles. The Balaban J connectivity index is 1.63. The van der Waals surface area contributed by atoms with E-state index in [2.05, 4.69) is 45.3 Å². The van der Waals surface area contributed by atoms with Gasteiger partial charge in [0.2, 0.25) is 0 Å². The SMILES string of the molecule is C[NH+]1CC[NH+](CC(=O)NCCOc2ccc(C(C)(C)C)cc2)CC1. The largest absolute Gasteiger partial charge is 0.492 e. The monoisotopic (exact) mass is 335 g/mol. The molecule has 3 N–H and O–H groups in total. The van der Waals surface area contributed by atoms with Gasteiger partial charge in [-0.25, -0.2) is 0 Å². The molecule has 0 bridgehead atoms. The first kappa shape index (κ1) is 18.7. The molecule has 0 aliphatic carbocycles. The summed E-state index contributed by atoms with van der Waals surface area (Å²) in [5.41, 5.74) is 1.44. The number of nitrogens with one attached hydrogen (secondary N) is 3. The summed E-state index contributed by atoms with van der Waals surface area (Å²) in [5.74, 6) is 0.973. The number of hydrogen-bond acceptors (Lipinski definition) is 2. The van der Waals surface area contributed by atoms with Crippen LogP contribution in [0.25, 0.3) is 0 Å². The minimum Gasteiger partial charge on any atom is -0.492 e. The number of carbonyl (C=O) groups excluding carboxylic acids is 1. The average molecular weight is 335 g/mol. The van der Waals surface area contributed by atoms with Crippen LogP contribution in [-0.4, -0.2) is 58.8 Å². The molecule has 5 nitrogen and oxygen atoms in total. The molecule has 1 saturated heterocycles. The van der Waals surface area contributed by atoms with Crippen LogP contribution in [0.4, 0.5) is 0 Å². The Labute approximate surface area is 146 Å². The van der Waals surface area contributed by atoms with Crippen molar-refractivity contribution >= 4 is 5.91 Å². The average Bonchev–Trinajstić information content (AvgIpc) is 2.53. The number of hydrogen-bond donors (Lipinski definition) is 3. The summed E-state index contributed by atoms with van der Waals surface area (Å²) in [6, 6.07) is 8.21. The van der Waals surface area contributed by atoms with Crippen molar-refractivity contribution in [3.8, 4) is 5.75 Å². The Morgan fingerprint density at radius 1 is 1.12 bits per heavy atom. The van der Waals surface area contributed by atoms with Crippen molar-refractivity contribution in [2.45, 2.75) is 26.2 Å². The second kappa shape index (κ2) is 8.49. The van der Waals surface area contributed by atoms with Crippen molar-refractivity contribution in [1.29, 1.82) is 0 Å². The van der Waals surface area contributed by atoms with Gasteiger partial charge in [0, 0.05) is 0 Å². The van der Waals surface area contributed by atoms with Gasteiger partial charge in [-0.3, -0.25) is 4.79 Å². The molecular weight excluding hydrogens is 302 g/mol. The highest BCUT2D eigenvalue weighted by Gasteiger charge is 2.21. The fourth-order valence-corrected chi connectivity index (χ4v) is 2.91. The maximum Gasteiger partial charge on any atom is 0.275 e. The third-order valence-electron chi connectivity index (χ3n) is 4.63. The number of benzene rings is 1. The third-order valence-corrected chi connectivity index (χ3v) is 4.63. The molecule has 1 amide bonds. The van der Waals surface area contributed by atoms with E-state index in [-0.39, 0.29) is 11.3 Å². The van der Waals surface area contributed by atoms with Crippen LogP contribution in [0.3, 0.4) is 0 Å². The van der Waals surface area contributed by atoms with Gasteiger partial charge in [-0.15, -0.1) is 0 Å². The molecule has 1 fully saturated rings. The lowest BCUT2D eigenvalue weighted by molar-refractivity contribution is -1.000. The van der Waals surface area contributed by atoms with Gasteiger partial charge in [0.1, 0.15) is 38.5 Å². The van der Waals surface area contributed by atoms with Crippen LogP contribution in [0, 0.1) is 0 Å². The lowest BCUT2D eigenvalue weighted by Gasteiger charge is -2.26. The Bertz CT molecular complexity index is 514. The van der Waals surface area contributed by atoms with Gasteiger partial charge in [-0.2, -0.15) is 0 Å². The van der Waals surface area contributed by atoms with Crippen molar-refractivity contribution in [3.05, 3.63) is 29.8 Å². The second-order valence-corrected chi connectivity index (χ2v) is 7.86. The zero-order valence-corrected chi connectivity index (χ0v) is 15.6. The first-order valence-corrected chi connectivity index (χ1v) is 8.99. The number of amides is 1. The molecule has 1 heterocycles. The molecule has 0 saturated carbocycles. The highest BCUT2D eigenvalue weighted by molar-refractivity contribution is 5.76. The number of piperazine rings is 1. The summed E-state index contributed by atoms with van der Waals surface area (Å²) in [4.78, 5) is 14.9. The van der Waals surface area contributed by atoms with Crippen LogP contribution in [0.15, 0.2) is 24.3 Å². The summed E-state index contributed by atoms with van der Waals surface area (Å²) in [7, 11) is 2.21. The summed E-state index contributed by atoms with van der Waals surface area (Å²) in [6.45, 7) is 12.7. The highest BCUT2D eigenvalue weighted by atomic mass is 16.5. The number of carbonyl (C=O) groups is 1. The van der Waals surface area contributed by atoms with Crippen LogP contribution in [0.5, 0.6) is 5.75 Å². The van der Waals surface area contributed by atoms with Crippen molar-refractivity contribution in [1.82, 2.24) is 5.32 Å². The summed E-state index contributed by atoms with van der Waals surface area (Å²) in [6.07, 6.45) is 0. The van der Waals surface area contributed by atoms with Gasteiger partial charge in [-0.1, -0.05) is 32.9 Å². The summed E-state index contributed by atoms with van der Waals surface area (Å²) in [5, 5.41) is 2.96. The highest BCUT2D eigenvalue weighted by Crippen LogP contribution is 2.24. The van der Waals surface area contributed by atoms with E-state index in [1.807, 2.05) is 12.1 Å². The Kier molecular flexibility index (Phi) is 6.63. The van der Waals surface area contributed by atoms with E-state index in [0.717, 1.165) is 31.9 Å². The minimum absolute atomic E-state index is 0.122. The fourth-order valence-electron chi connectivity index (χ4n) is 2.91. The lowest BCUT2D eigenvalue weighted by Crippen LogP contribution is -3.27. The molecule has 1 aromatic rings. The first-order chi connectivity index (χ1) is 11.3. The fraction of sp³-hybridized carbons (Fsp3) is 0.632. The maximum absolute atomic E-state index is 12.0. The molecule has 0 unspecified atom stereocenters. The molecule has 0 radical (unpaired) electrons. The molecule has 2 rings (SSSR count). The van der Waals surface area contributed by atoms with Crippen molar-refractivity contribution in [2.24, 2.45) is 0 Å². The topological polar surface area (TPSA) is 47.2 Å². The van der Waals surface area contributed by atoms with E-state index in [0.29, 0.717) is 19.7 Å². The Hall–Kier alpha value is -1.59. The molecular formula is C19H33N3O2+2. The van der Waals surface area contributed by atoms with Gasteiger partial charge >= 0.3 is 0 Å². The zero-order valence-electron chi connectivity index (χ0n) is 15.6. The van der Waals surface area contributed by atoms with E-state index < -0.39 is 0 Å². The van der Waals surface area contributed by atoms with E-state index in [1.54, 1.807) is 4.90 Å². The van der Waals surface area contributed by atoms with Gasteiger partial charge < -0.3 is 19.9 Å². The molecule has 1 aromatic carbocycles. The zero-order chi connectivity index (χ0) is 17.6. The molecule has 5 heteroatoms. The number of likely N-dealkylation sites (N-methyl/N-ethyl adjacent to an activating group) is 1. The predicted octanol–water partition coefficient (Wildman–Crippen LogP) is -1.11. The number of ether oxygens (including phenoxy) is 1. The van der Waals surface area contributed by atoms with E-state index in [1.165, 1.54) is 10.5 Å². The number of quaternary nitrogens is 2. The van der Waals surface area contributed by atoms with Crippen molar-refractivity contribution in [2.75, 3.05) is 52.9 Å². The van der Waals surface area contributed by atoms with Gasteiger partial charge in [-0.05, 0) is 23.1 Å². The maximum atomic E-state index is 12.0. The van der Waals surface area contributed by atoms with Crippen molar-refractivity contribution in [3.63, 3.8) is 0 Å². The van der Waals surface area contributed by atoms with Gasteiger partial charge in [0.25, 0.3) is 5.91 Å². The molecule has 0 atom stereocenters. The van der Waals surface area contributed by atoms with Gasteiger partial charge in [0.05, 0.1) is 13.6 Å². The summed E-state index contributed by atoms with van der Waals surface area (Å²) >= 11 is 0. The normalized spacial score (nSPS) is 21.3. The molecule has 1 aliphatic rings. The predicted molar refractivity (Wildman–Crippen MR) is 95.8 cm³/mol. The molecule has 0 spiro atoms. The number of rotatable bonds is 6. The molecule has 1 aliphatic heterocycles. The quantitative estimate of drug-likeness (QED) is 0.578. The Morgan fingerprint density at radius 3 is 2.33 bits per heavy atom. The third kappa shape index (κ3) is 6.13. The van der Waals surface area contributed by atoms with Crippen LogP contribution in [0.2, 0.25) is 0 Å². The van der Waals surface area contributed by atoms with Crippen LogP contribution >= 0.6 is 0 Å². The lowest BCUT2D eigenvalue weighted by atomic mass is 9.87. The van der Waals surface area contributed by atoms with E-state index >= 15 is 0 Å². The van der Waals surface area contributed by atoms with Crippen LogP contribution in [0.1, 0.15) is 26.3 Å². The smallest absolute Gasteiger partial charge is 0.275 e. The van der Waals surface area contributed by atoms with Crippen LogP contribution in [-0.2, 0) is 10.2 Å². The first-order valence-electron chi connectivity index (χ1n) is 8.99. The Morgan fingerprint density at radius 2 is 1.75 bits per heavy atom.